The van der Waals surface area contributed by atoms with Crippen molar-refractivity contribution in [1.29, 1.82) is 0 Å². The Balaban J connectivity index is 1.64. The van der Waals surface area contributed by atoms with Crippen LogP contribution in [0, 0.1) is 11.8 Å². The third kappa shape index (κ3) is 19.2. The van der Waals surface area contributed by atoms with E-state index in [2.05, 4.69) is 48.8 Å². The fourth-order valence-electron chi connectivity index (χ4n) is 10.0. The summed E-state index contributed by atoms with van der Waals surface area (Å²) in [4.78, 5) is 100. The lowest BCUT2D eigenvalue weighted by Gasteiger charge is -2.39. The summed E-state index contributed by atoms with van der Waals surface area (Å²) in [7, 11) is 2.92. The van der Waals surface area contributed by atoms with Crippen LogP contribution in [0.25, 0.3) is 0 Å². The van der Waals surface area contributed by atoms with Gasteiger partial charge >= 0.3 is 23.7 Å². The van der Waals surface area contributed by atoms with Crippen LogP contribution in [0.15, 0.2) is 26.8 Å². The average molecular weight is 1130 g/mol. The number of aromatic amines is 1. The number of H-pyrrole nitrogens is 1. The normalized spacial score (nSPS) is 25.4. The van der Waals surface area contributed by atoms with Gasteiger partial charge in [0, 0.05) is 45.6 Å². The molecule has 0 aromatic carbocycles. The van der Waals surface area contributed by atoms with Crippen LogP contribution < -0.4 is 48.9 Å². The predicted molar refractivity (Wildman–Crippen MR) is 287 cm³/mol. The minimum Gasteiger partial charge on any atom is -0.480 e. The maximum Gasteiger partial charge on any atom is 0.330 e. The molecule has 0 spiro atoms. The number of methoxy groups -OCH3 is 1. The van der Waals surface area contributed by atoms with Crippen molar-refractivity contribution in [2.24, 2.45) is 22.6 Å². The number of hydrogen-bond donors (Lipinski definition) is 14. The quantitative estimate of drug-likeness (QED) is 0.0327. The lowest BCUT2D eigenvalue weighted by molar-refractivity contribution is -0.238. The zero-order chi connectivity index (χ0) is 58.5. The van der Waals surface area contributed by atoms with Crippen LogP contribution >= 0.6 is 0 Å². The average Bonchev–Trinajstić information content (AvgIpc) is 3.94. The molecule has 4 heterocycles. The molecule has 79 heavy (non-hydrogen) atoms. The minimum absolute atomic E-state index is 0.0250. The second-order valence-electron chi connectivity index (χ2n) is 21.2. The van der Waals surface area contributed by atoms with Gasteiger partial charge in [0.15, 0.2) is 18.5 Å². The molecule has 8 unspecified atom stereocenters. The molecule has 450 valence electrons. The molecule has 15 atom stereocenters. The van der Waals surface area contributed by atoms with Gasteiger partial charge in [0.25, 0.3) is 5.56 Å². The molecule has 2 saturated heterocycles. The highest BCUT2D eigenvalue weighted by Crippen LogP contribution is 2.36. The molecule has 28 nitrogen and oxygen atoms in total. The molecule has 2 fully saturated rings. The van der Waals surface area contributed by atoms with Gasteiger partial charge in [0.05, 0.1) is 12.1 Å². The number of aliphatic imine (C=N–C) groups is 1. The predicted octanol–water partition coefficient (Wildman–Crippen LogP) is -2.00. The third-order valence-electron chi connectivity index (χ3n) is 14.5. The standard InChI is InChI=1S/C51H89N11O17/c1-8-9-10-11-12-13-14-15-16-17-23-61(24-18-21-54-43(68)34(36(64)28(4)5)58-44(69)33(29-19-22-55-49(52)56-29)60-50(74)59-32(27(2)3)46(70)71)35(47(72)73)40(79-48-42(76-7)37(65)30(77-48)26-53-6)41-38(66)39(67)45(78-41)62-25-20-31(63)57-51(62)75/h20,25,27-30,32-42,45,48,53,64-67H,8-19,21-24,26H2,1-7H3,(H,54,68)(H,58,69)(H,70,71)(H,72,73)(H3,52,55,56)(H,57,63,75)(H2,59,60,74)/t29?,30-,32?,33?,34?,35?,36?,37-,38+,39-,40?,41+,42-,45-,48?/m1/s1. The van der Waals surface area contributed by atoms with Crippen molar-refractivity contribution in [3.05, 3.63) is 33.1 Å². The summed E-state index contributed by atoms with van der Waals surface area (Å²) in [6.45, 7) is 8.77. The number of amides is 4. The molecule has 0 aliphatic carbocycles. The number of urea groups is 1. The first-order valence-corrected chi connectivity index (χ1v) is 27.6. The van der Waals surface area contributed by atoms with E-state index in [1.54, 1.807) is 39.6 Å². The number of ether oxygens (including phenoxy) is 4. The number of unbranched alkanes of at least 4 members (excludes halogenated alkanes) is 9. The molecule has 1 aromatic rings. The summed E-state index contributed by atoms with van der Waals surface area (Å²) < 4.78 is 25.2. The SMILES string of the molecule is CCCCCCCCCCCCN(CCCNC(=O)C(NC(=O)C(NC(=O)NC(C(=O)O)C(C)C)C1CCN=C(N)N1)C(O)C(C)C)C(C(=O)O)C(OC1O[C@H](CNC)[C@@H](O)[C@H]1OC)[C@H]1O[C@@H](n2ccc(=O)[nH]c2=O)[C@H](O)[C@@H]1O. The van der Waals surface area contributed by atoms with Crippen molar-refractivity contribution in [3.63, 3.8) is 0 Å². The summed E-state index contributed by atoms with van der Waals surface area (Å²) >= 11 is 0. The molecule has 28 heteroatoms. The zero-order valence-electron chi connectivity index (χ0n) is 46.6. The van der Waals surface area contributed by atoms with Crippen molar-refractivity contribution in [3.8, 4) is 0 Å². The fraction of sp³-hybridized carbons (Fsp3) is 0.804. The van der Waals surface area contributed by atoms with Crippen LogP contribution in [0.4, 0.5) is 4.79 Å². The number of rotatable bonds is 35. The Morgan fingerprint density at radius 3 is 2.06 bits per heavy atom. The highest BCUT2D eigenvalue weighted by atomic mass is 16.7. The monoisotopic (exact) mass is 1130 g/mol. The van der Waals surface area contributed by atoms with Crippen LogP contribution in [0.3, 0.4) is 0 Å². The topological polar surface area (TPSA) is 412 Å². The van der Waals surface area contributed by atoms with Crippen molar-refractivity contribution in [2.45, 2.75) is 203 Å². The fourth-order valence-corrected chi connectivity index (χ4v) is 10.0. The van der Waals surface area contributed by atoms with Gasteiger partial charge in [-0.25, -0.2) is 14.4 Å². The van der Waals surface area contributed by atoms with Gasteiger partial charge in [-0.3, -0.25) is 38.6 Å². The lowest BCUT2D eigenvalue weighted by atomic mass is 9.96. The largest absolute Gasteiger partial charge is 0.480 e. The van der Waals surface area contributed by atoms with E-state index in [9.17, 15) is 64.2 Å². The number of aliphatic hydroxyl groups is 4. The van der Waals surface area contributed by atoms with Gasteiger partial charge in [0.1, 0.15) is 66.9 Å². The number of nitrogens with zero attached hydrogens (tertiary/aromatic N) is 3. The van der Waals surface area contributed by atoms with Gasteiger partial charge in [-0.2, -0.15) is 0 Å². The van der Waals surface area contributed by atoms with E-state index in [0.717, 1.165) is 55.4 Å². The number of carboxylic acids is 2. The van der Waals surface area contributed by atoms with E-state index < -0.39 is 144 Å². The molecular formula is C51H89N11O17. The smallest absolute Gasteiger partial charge is 0.330 e. The third-order valence-corrected chi connectivity index (χ3v) is 14.5. The number of aliphatic hydroxyl groups excluding tert-OH is 4. The Morgan fingerprint density at radius 1 is 0.848 bits per heavy atom. The van der Waals surface area contributed by atoms with Crippen LogP contribution in [0.2, 0.25) is 0 Å². The number of aliphatic carboxylic acids is 2. The molecule has 3 aliphatic rings. The summed E-state index contributed by atoms with van der Waals surface area (Å²) in [5, 5.41) is 82.7. The van der Waals surface area contributed by atoms with E-state index >= 15 is 0 Å². The second kappa shape index (κ2) is 32.8. The summed E-state index contributed by atoms with van der Waals surface area (Å²) in [5.41, 5.74) is 4.20. The Labute approximate surface area is 460 Å². The molecule has 0 bridgehead atoms. The number of guanidine groups is 1. The second-order valence-corrected chi connectivity index (χ2v) is 21.2. The van der Waals surface area contributed by atoms with E-state index in [-0.39, 0.29) is 51.5 Å². The number of carboxylic acid groups (broad SMARTS) is 2. The van der Waals surface area contributed by atoms with Crippen LogP contribution in [-0.2, 0) is 38.1 Å². The van der Waals surface area contributed by atoms with Crippen LogP contribution in [0.5, 0.6) is 0 Å². The molecule has 0 saturated carbocycles. The number of hydrogen-bond acceptors (Lipinski definition) is 20. The minimum atomic E-state index is -1.90. The Bertz CT molecular complexity index is 2240. The number of carbonyl (C=O) groups excluding carboxylic acids is 3. The number of aromatic nitrogens is 2. The number of nitrogens with two attached hydrogens (primary N) is 1. The lowest BCUT2D eigenvalue weighted by Crippen LogP contribution is -2.66. The molecule has 3 aliphatic heterocycles. The van der Waals surface area contributed by atoms with Crippen LogP contribution in [-0.4, -0.2) is 213 Å². The molecule has 4 amide bonds. The number of likely N-dealkylation sites (N-methyl/N-ethyl adjacent to an activating group) is 1. The molecule has 1 aromatic heterocycles. The molecule has 0 radical (unpaired) electrons. The Morgan fingerprint density at radius 2 is 1.49 bits per heavy atom. The van der Waals surface area contributed by atoms with Crippen molar-refractivity contribution < 1.29 is 73.6 Å². The Hall–Kier alpha value is -5.30. The zero-order valence-corrected chi connectivity index (χ0v) is 46.6. The van der Waals surface area contributed by atoms with Crippen molar-refractivity contribution in [2.75, 3.05) is 46.9 Å². The Kier molecular flexibility index (Phi) is 27.5. The maximum atomic E-state index is 14.2. The van der Waals surface area contributed by atoms with Crippen molar-refractivity contribution >= 4 is 35.7 Å². The number of nitrogens with one attached hydrogen (secondary N) is 7. The first-order valence-electron chi connectivity index (χ1n) is 27.6. The molecular weight excluding hydrogens is 1040 g/mol. The summed E-state index contributed by atoms with van der Waals surface area (Å²) in [6, 6.07) is -6.98. The van der Waals surface area contributed by atoms with E-state index in [0.29, 0.717) is 12.8 Å². The van der Waals surface area contributed by atoms with Gasteiger partial charge in [-0.05, 0) is 44.7 Å². The summed E-state index contributed by atoms with van der Waals surface area (Å²) in [5.74, 6) is -5.67. The maximum absolute atomic E-state index is 14.2. The molecule has 4 rings (SSSR count). The van der Waals surface area contributed by atoms with Gasteiger partial charge in [-0.15, -0.1) is 0 Å². The van der Waals surface area contributed by atoms with Crippen molar-refractivity contribution in [1.82, 2.24) is 46.4 Å². The van der Waals surface area contributed by atoms with E-state index in [1.807, 2.05) is 0 Å². The van der Waals surface area contributed by atoms with Crippen LogP contribution in [0.1, 0.15) is 118 Å². The van der Waals surface area contributed by atoms with E-state index in [1.165, 1.54) is 20.0 Å². The van der Waals surface area contributed by atoms with Gasteiger partial charge in [-0.1, -0.05) is 92.4 Å². The van der Waals surface area contributed by atoms with Gasteiger partial charge < -0.3 is 87.2 Å². The first kappa shape index (κ1) is 66.2. The highest BCUT2D eigenvalue weighted by molar-refractivity contribution is 5.94. The van der Waals surface area contributed by atoms with Gasteiger partial charge in [0.2, 0.25) is 11.8 Å². The van der Waals surface area contributed by atoms with E-state index in [4.69, 9.17) is 24.7 Å². The number of carbonyl (C=O) groups is 5. The molecule has 15 N–H and O–H groups in total. The highest BCUT2D eigenvalue weighted by Gasteiger charge is 2.55. The first-order chi connectivity index (χ1) is 37.6. The summed E-state index contributed by atoms with van der Waals surface area (Å²) in [6.07, 6.45) is -4.10.